The molecule has 0 aromatic heterocycles. The summed E-state index contributed by atoms with van der Waals surface area (Å²) in [5, 5.41) is 17.1. The molecule has 7 heteroatoms. The van der Waals surface area contributed by atoms with Gasteiger partial charge in [0.2, 0.25) is 5.91 Å². The van der Waals surface area contributed by atoms with Crippen LogP contribution in [0.15, 0.2) is 18.2 Å². The predicted octanol–water partition coefficient (Wildman–Crippen LogP) is 8.77. The number of hydrogen-bond acceptors (Lipinski definition) is 4. The van der Waals surface area contributed by atoms with E-state index < -0.39 is 4.92 Å². The summed E-state index contributed by atoms with van der Waals surface area (Å²) in [7, 11) is 0. The summed E-state index contributed by atoms with van der Waals surface area (Å²) in [6.45, 7) is 13.8. The SMILES string of the molecule is CC(=O)Nc1cc([N+](=O)[O-])ccc1C(=O)NC1CC[C@@]2(C)C(CC[C@H]3[C@@H]4CC[C@H]([C@H](C)CCCC(C)C)[C@@]4(C)CC[C@@H]32)C1. The van der Waals surface area contributed by atoms with Crippen molar-refractivity contribution in [3.8, 4) is 0 Å². The summed E-state index contributed by atoms with van der Waals surface area (Å²) in [6, 6.07) is 4.14. The van der Waals surface area contributed by atoms with Gasteiger partial charge >= 0.3 is 0 Å². The van der Waals surface area contributed by atoms with Crippen LogP contribution in [0.25, 0.3) is 0 Å². The quantitative estimate of drug-likeness (QED) is 0.221. The maximum atomic E-state index is 13.4. The fourth-order valence-electron chi connectivity index (χ4n) is 10.8. The minimum absolute atomic E-state index is 0.0823. The monoisotopic (exact) mass is 593 g/mol. The van der Waals surface area contributed by atoms with Crippen molar-refractivity contribution in [2.24, 2.45) is 52.3 Å². The van der Waals surface area contributed by atoms with Gasteiger partial charge in [0.05, 0.1) is 16.2 Å². The van der Waals surface area contributed by atoms with Crippen molar-refractivity contribution >= 4 is 23.2 Å². The molecule has 2 unspecified atom stereocenters. The fourth-order valence-corrected chi connectivity index (χ4v) is 10.8. The highest BCUT2D eigenvalue weighted by Gasteiger charge is 2.60. The Morgan fingerprint density at radius 2 is 1.70 bits per heavy atom. The van der Waals surface area contributed by atoms with E-state index in [2.05, 4.69) is 45.3 Å². The number of nitrogens with one attached hydrogen (secondary N) is 2. The second-order valence-corrected chi connectivity index (χ2v) is 15.8. The molecular weight excluding hydrogens is 538 g/mol. The smallest absolute Gasteiger partial charge is 0.271 e. The first kappa shape index (κ1) is 32.0. The molecule has 2 N–H and O–H groups in total. The zero-order valence-corrected chi connectivity index (χ0v) is 27.4. The van der Waals surface area contributed by atoms with Crippen molar-refractivity contribution in [3.05, 3.63) is 33.9 Å². The van der Waals surface area contributed by atoms with E-state index in [-0.39, 0.29) is 34.8 Å². The number of fused-ring (bicyclic) bond motifs is 5. The molecule has 9 atom stereocenters. The Hall–Kier alpha value is -2.44. The lowest BCUT2D eigenvalue weighted by Crippen LogP contribution is -2.55. The van der Waals surface area contributed by atoms with Gasteiger partial charge < -0.3 is 10.6 Å². The van der Waals surface area contributed by atoms with Gasteiger partial charge in [-0.15, -0.1) is 0 Å². The van der Waals surface area contributed by atoms with E-state index in [9.17, 15) is 19.7 Å². The van der Waals surface area contributed by atoms with Crippen LogP contribution in [0.1, 0.15) is 129 Å². The van der Waals surface area contributed by atoms with Gasteiger partial charge in [0.1, 0.15) is 0 Å². The summed E-state index contributed by atoms with van der Waals surface area (Å²) in [5.74, 6) is 4.99. The molecule has 0 heterocycles. The van der Waals surface area contributed by atoms with E-state index in [1.807, 2.05) is 0 Å². The van der Waals surface area contributed by atoms with Crippen LogP contribution >= 0.6 is 0 Å². The Morgan fingerprint density at radius 1 is 0.977 bits per heavy atom. The summed E-state index contributed by atoms with van der Waals surface area (Å²) in [5.41, 5.74) is 1.15. The van der Waals surface area contributed by atoms with Crippen molar-refractivity contribution in [2.75, 3.05) is 5.32 Å². The number of non-ortho nitro benzene ring substituents is 1. The lowest BCUT2D eigenvalue weighted by atomic mass is 9.44. The van der Waals surface area contributed by atoms with E-state index >= 15 is 0 Å². The average Bonchev–Trinajstić information content (AvgIpc) is 3.30. The van der Waals surface area contributed by atoms with Gasteiger partial charge in [0.25, 0.3) is 11.6 Å². The number of amides is 2. The first-order chi connectivity index (χ1) is 20.3. The Labute approximate surface area is 258 Å². The Morgan fingerprint density at radius 3 is 2.40 bits per heavy atom. The standard InChI is InChI=1S/C36H55N3O4/c1-22(2)8-7-9-23(3)30-14-15-31-28-12-10-25-20-26(16-18-35(25,5)32(28)17-19-36(30,31)6)38-34(41)29-13-11-27(39(42)43)21-33(29)37-24(4)40/h11,13,21-23,25-26,28,30-32H,7-10,12,14-20H2,1-6H3,(H,37,40)(H,38,41)/t23-,25?,26?,28+,30-,31+,32+,35+,36-/m1/s1. The van der Waals surface area contributed by atoms with Crippen LogP contribution in [0.4, 0.5) is 11.4 Å². The molecule has 43 heavy (non-hydrogen) atoms. The third kappa shape index (κ3) is 6.24. The summed E-state index contributed by atoms with van der Waals surface area (Å²) >= 11 is 0. The molecule has 7 nitrogen and oxygen atoms in total. The van der Waals surface area contributed by atoms with E-state index in [4.69, 9.17) is 0 Å². The lowest BCUT2D eigenvalue weighted by Gasteiger charge is -2.61. The largest absolute Gasteiger partial charge is 0.349 e. The number of carbonyl (C=O) groups is 2. The molecule has 2 amide bonds. The van der Waals surface area contributed by atoms with Crippen molar-refractivity contribution in [1.29, 1.82) is 0 Å². The Bertz CT molecular complexity index is 1210. The first-order valence-corrected chi connectivity index (χ1v) is 17.2. The van der Waals surface area contributed by atoms with Crippen molar-refractivity contribution in [3.63, 3.8) is 0 Å². The molecular formula is C36H55N3O4. The van der Waals surface area contributed by atoms with Crippen LogP contribution in [0, 0.1) is 62.4 Å². The first-order valence-electron chi connectivity index (χ1n) is 17.2. The third-order valence-corrected chi connectivity index (χ3v) is 13.0. The molecule has 5 rings (SSSR count). The van der Waals surface area contributed by atoms with Gasteiger partial charge in [-0.3, -0.25) is 19.7 Å². The van der Waals surface area contributed by atoms with E-state index in [0.29, 0.717) is 16.7 Å². The number of hydrogen-bond donors (Lipinski definition) is 2. The summed E-state index contributed by atoms with van der Waals surface area (Å²) in [4.78, 5) is 35.9. The number of nitro benzene ring substituents is 1. The highest BCUT2D eigenvalue weighted by molar-refractivity contribution is 6.04. The van der Waals surface area contributed by atoms with Gasteiger partial charge in [-0.1, -0.05) is 53.9 Å². The van der Waals surface area contributed by atoms with Crippen LogP contribution in [-0.4, -0.2) is 22.8 Å². The fraction of sp³-hybridized carbons (Fsp3) is 0.778. The van der Waals surface area contributed by atoms with Gasteiger partial charge in [0, 0.05) is 25.1 Å². The van der Waals surface area contributed by atoms with Crippen LogP contribution in [0.3, 0.4) is 0 Å². The van der Waals surface area contributed by atoms with Crippen LogP contribution in [0.2, 0.25) is 0 Å². The molecule has 4 aliphatic rings. The number of benzene rings is 1. The maximum Gasteiger partial charge on any atom is 0.271 e. The van der Waals surface area contributed by atoms with Crippen molar-refractivity contribution in [2.45, 2.75) is 125 Å². The van der Waals surface area contributed by atoms with Gasteiger partial charge in [-0.2, -0.15) is 0 Å². The molecule has 1 aromatic rings. The summed E-state index contributed by atoms with van der Waals surface area (Å²) in [6.07, 6.45) is 15.4. The van der Waals surface area contributed by atoms with Crippen molar-refractivity contribution in [1.82, 2.24) is 5.32 Å². The number of carbonyl (C=O) groups excluding carboxylic acids is 2. The highest BCUT2D eigenvalue weighted by Crippen LogP contribution is 2.68. The van der Waals surface area contributed by atoms with Gasteiger partial charge in [0.15, 0.2) is 0 Å². The number of anilines is 1. The molecule has 0 aliphatic heterocycles. The summed E-state index contributed by atoms with van der Waals surface area (Å²) < 4.78 is 0. The Kier molecular flexibility index (Phi) is 9.30. The van der Waals surface area contributed by atoms with Crippen LogP contribution in [-0.2, 0) is 4.79 Å². The molecule has 0 radical (unpaired) electrons. The van der Waals surface area contributed by atoms with Crippen LogP contribution < -0.4 is 10.6 Å². The topological polar surface area (TPSA) is 101 Å². The molecule has 4 fully saturated rings. The van der Waals surface area contributed by atoms with Gasteiger partial charge in [-0.25, -0.2) is 0 Å². The zero-order chi connectivity index (χ0) is 31.1. The minimum Gasteiger partial charge on any atom is -0.349 e. The second kappa shape index (κ2) is 12.5. The number of nitrogens with zero attached hydrogens (tertiary/aromatic N) is 1. The normalized spacial score (nSPS) is 35.8. The molecule has 238 valence electrons. The minimum atomic E-state index is -0.514. The molecule has 0 spiro atoms. The second-order valence-electron chi connectivity index (χ2n) is 15.8. The highest BCUT2D eigenvalue weighted by atomic mass is 16.6. The molecule has 1 aromatic carbocycles. The van der Waals surface area contributed by atoms with Crippen molar-refractivity contribution < 1.29 is 14.5 Å². The maximum absolute atomic E-state index is 13.4. The predicted molar refractivity (Wildman–Crippen MR) is 172 cm³/mol. The van der Waals surface area contributed by atoms with Crippen LogP contribution in [0.5, 0.6) is 0 Å². The Balaban J connectivity index is 1.23. The molecule has 0 bridgehead atoms. The molecule has 4 aliphatic carbocycles. The zero-order valence-electron chi connectivity index (χ0n) is 27.4. The molecule has 0 saturated heterocycles. The lowest BCUT2D eigenvalue weighted by molar-refractivity contribution is -0.384. The average molecular weight is 594 g/mol. The van der Waals surface area contributed by atoms with E-state index in [0.717, 1.165) is 54.8 Å². The van der Waals surface area contributed by atoms with E-state index in [1.54, 1.807) is 0 Å². The number of nitro groups is 1. The molecule has 4 saturated carbocycles. The third-order valence-electron chi connectivity index (χ3n) is 13.0. The van der Waals surface area contributed by atoms with Gasteiger partial charge in [-0.05, 0) is 116 Å². The van der Waals surface area contributed by atoms with E-state index in [1.165, 1.54) is 82.9 Å². The number of rotatable bonds is 9.